The normalized spacial score (nSPS) is 23.2. The van der Waals surface area contributed by atoms with Crippen molar-refractivity contribution >= 4 is 23.4 Å². The third kappa shape index (κ3) is 3.30. The Balaban J connectivity index is 2.24. The zero-order chi connectivity index (χ0) is 13.8. The summed E-state index contributed by atoms with van der Waals surface area (Å²) in [5.41, 5.74) is 0. The zero-order valence-electron chi connectivity index (χ0n) is 11.8. The SMILES string of the molecule is CNc1cc(N(C)C2CCCCC2O)nc(SC)n1. The number of nitrogens with one attached hydrogen (secondary N) is 1. The van der Waals surface area contributed by atoms with Gasteiger partial charge in [0.2, 0.25) is 0 Å². The summed E-state index contributed by atoms with van der Waals surface area (Å²) >= 11 is 1.53. The topological polar surface area (TPSA) is 61.3 Å². The Labute approximate surface area is 118 Å². The fraction of sp³-hybridized carbons (Fsp3) is 0.692. The number of hydrogen-bond acceptors (Lipinski definition) is 6. The maximum absolute atomic E-state index is 10.1. The monoisotopic (exact) mass is 282 g/mol. The van der Waals surface area contributed by atoms with Crippen molar-refractivity contribution in [3.63, 3.8) is 0 Å². The Morgan fingerprint density at radius 2 is 2.11 bits per heavy atom. The summed E-state index contributed by atoms with van der Waals surface area (Å²) in [5, 5.41) is 14.0. The first kappa shape index (κ1) is 14.4. The fourth-order valence-corrected chi connectivity index (χ4v) is 2.90. The smallest absolute Gasteiger partial charge is 0.191 e. The van der Waals surface area contributed by atoms with Crippen LogP contribution in [0.3, 0.4) is 0 Å². The van der Waals surface area contributed by atoms with Crippen LogP contribution in [0, 0.1) is 0 Å². The number of anilines is 2. The quantitative estimate of drug-likeness (QED) is 0.650. The number of likely N-dealkylation sites (N-methyl/N-ethyl adjacent to an activating group) is 1. The van der Waals surface area contributed by atoms with Crippen molar-refractivity contribution in [1.82, 2.24) is 9.97 Å². The van der Waals surface area contributed by atoms with E-state index < -0.39 is 0 Å². The summed E-state index contributed by atoms with van der Waals surface area (Å²) in [6, 6.07) is 2.09. The van der Waals surface area contributed by atoms with Crippen molar-refractivity contribution in [1.29, 1.82) is 0 Å². The van der Waals surface area contributed by atoms with E-state index in [1.807, 2.05) is 26.4 Å². The number of aromatic nitrogens is 2. The summed E-state index contributed by atoms with van der Waals surface area (Å²) in [6.45, 7) is 0. The van der Waals surface area contributed by atoms with Gasteiger partial charge in [0.15, 0.2) is 5.16 Å². The van der Waals surface area contributed by atoms with Crippen LogP contribution >= 0.6 is 11.8 Å². The lowest BCUT2D eigenvalue weighted by molar-refractivity contribution is 0.106. The average Bonchev–Trinajstić information content (AvgIpc) is 2.46. The Morgan fingerprint density at radius 3 is 2.74 bits per heavy atom. The van der Waals surface area contributed by atoms with E-state index in [9.17, 15) is 5.11 Å². The lowest BCUT2D eigenvalue weighted by Crippen LogP contribution is -2.43. The van der Waals surface area contributed by atoms with E-state index in [0.29, 0.717) is 0 Å². The lowest BCUT2D eigenvalue weighted by atomic mass is 9.91. The van der Waals surface area contributed by atoms with E-state index in [4.69, 9.17) is 0 Å². The summed E-state index contributed by atoms with van der Waals surface area (Å²) in [6.07, 6.45) is 5.90. The number of thioether (sulfide) groups is 1. The maximum Gasteiger partial charge on any atom is 0.191 e. The van der Waals surface area contributed by atoms with Crippen LogP contribution in [-0.2, 0) is 0 Å². The Hall–Kier alpha value is -1.01. The van der Waals surface area contributed by atoms with Crippen LogP contribution in [-0.4, -0.2) is 47.6 Å². The molecule has 1 aromatic heterocycles. The van der Waals surface area contributed by atoms with E-state index in [-0.39, 0.29) is 12.1 Å². The predicted molar refractivity (Wildman–Crippen MR) is 80.0 cm³/mol. The van der Waals surface area contributed by atoms with E-state index in [1.165, 1.54) is 18.2 Å². The molecule has 2 rings (SSSR count). The predicted octanol–water partition coefficient (Wildman–Crippen LogP) is 1.98. The van der Waals surface area contributed by atoms with Gasteiger partial charge in [0.1, 0.15) is 11.6 Å². The molecule has 2 N–H and O–H groups in total. The maximum atomic E-state index is 10.1. The van der Waals surface area contributed by atoms with Crippen LogP contribution < -0.4 is 10.2 Å². The highest BCUT2D eigenvalue weighted by molar-refractivity contribution is 7.98. The number of aliphatic hydroxyl groups is 1. The van der Waals surface area contributed by atoms with Crippen molar-refractivity contribution < 1.29 is 5.11 Å². The molecule has 0 radical (unpaired) electrons. The summed E-state index contributed by atoms with van der Waals surface area (Å²) in [7, 11) is 3.86. The van der Waals surface area contributed by atoms with Gasteiger partial charge in [0.05, 0.1) is 12.1 Å². The van der Waals surface area contributed by atoms with Gasteiger partial charge in [-0.05, 0) is 19.1 Å². The Kier molecular flexibility index (Phi) is 4.87. The van der Waals surface area contributed by atoms with Gasteiger partial charge in [-0.25, -0.2) is 9.97 Å². The first-order valence-electron chi connectivity index (χ1n) is 6.67. The molecule has 0 aliphatic heterocycles. The second-order valence-corrected chi connectivity index (χ2v) is 5.65. The van der Waals surface area contributed by atoms with Crippen molar-refractivity contribution in [3.05, 3.63) is 6.07 Å². The molecule has 5 nitrogen and oxygen atoms in total. The highest BCUT2D eigenvalue weighted by Gasteiger charge is 2.27. The van der Waals surface area contributed by atoms with Crippen LogP contribution in [0.5, 0.6) is 0 Å². The molecule has 1 heterocycles. The average molecular weight is 282 g/mol. The molecule has 106 valence electrons. The molecule has 1 saturated carbocycles. The lowest BCUT2D eigenvalue weighted by Gasteiger charge is -2.36. The highest BCUT2D eigenvalue weighted by atomic mass is 32.2. The second-order valence-electron chi connectivity index (χ2n) is 4.88. The Bertz CT molecular complexity index is 407. The number of nitrogens with zero attached hydrogens (tertiary/aromatic N) is 3. The van der Waals surface area contributed by atoms with Crippen LogP contribution in [0.4, 0.5) is 11.6 Å². The van der Waals surface area contributed by atoms with Crippen molar-refractivity contribution in [3.8, 4) is 0 Å². The number of hydrogen-bond donors (Lipinski definition) is 2. The van der Waals surface area contributed by atoms with Crippen LogP contribution in [0.1, 0.15) is 25.7 Å². The third-order valence-corrected chi connectivity index (χ3v) is 4.23. The zero-order valence-corrected chi connectivity index (χ0v) is 12.6. The minimum Gasteiger partial charge on any atom is -0.391 e. The van der Waals surface area contributed by atoms with Gasteiger partial charge in [-0.15, -0.1) is 0 Å². The second kappa shape index (κ2) is 6.43. The molecule has 2 atom stereocenters. The van der Waals surface area contributed by atoms with Crippen LogP contribution in [0.2, 0.25) is 0 Å². The molecule has 1 aliphatic rings. The van der Waals surface area contributed by atoms with Gasteiger partial charge < -0.3 is 15.3 Å². The molecular weight excluding hydrogens is 260 g/mol. The van der Waals surface area contributed by atoms with Gasteiger partial charge in [-0.3, -0.25) is 0 Å². The van der Waals surface area contributed by atoms with Gasteiger partial charge >= 0.3 is 0 Å². The van der Waals surface area contributed by atoms with E-state index in [1.54, 1.807) is 0 Å². The van der Waals surface area contributed by atoms with Crippen LogP contribution in [0.15, 0.2) is 11.2 Å². The van der Waals surface area contributed by atoms with E-state index in [2.05, 4.69) is 20.2 Å². The molecule has 0 spiro atoms. The van der Waals surface area contributed by atoms with E-state index >= 15 is 0 Å². The largest absolute Gasteiger partial charge is 0.391 e. The van der Waals surface area contributed by atoms with E-state index in [0.717, 1.165) is 36.1 Å². The highest BCUT2D eigenvalue weighted by Crippen LogP contribution is 2.27. The Morgan fingerprint density at radius 1 is 1.37 bits per heavy atom. The molecule has 0 bridgehead atoms. The van der Waals surface area contributed by atoms with Crippen molar-refractivity contribution in [2.24, 2.45) is 0 Å². The first-order chi connectivity index (χ1) is 9.15. The standard InChI is InChI=1S/C13H22N4OS/c1-14-11-8-12(16-13(15-11)19-3)17(2)9-6-4-5-7-10(9)18/h8-10,18H,4-7H2,1-3H3,(H,14,15,16). The molecule has 6 heteroatoms. The van der Waals surface area contributed by atoms with Crippen LogP contribution in [0.25, 0.3) is 0 Å². The van der Waals surface area contributed by atoms with Crippen molar-refractivity contribution in [2.75, 3.05) is 30.6 Å². The summed E-state index contributed by atoms with van der Waals surface area (Å²) in [4.78, 5) is 11.0. The van der Waals surface area contributed by atoms with Gasteiger partial charge in [0.25, 0.3) is 0 Å². The summed E-state index contributed by atoms with van der Waals surface area (Å²) < 4.78 is 0. The molecule has 0 saturated heterocycles. The molecule has 1 aromatic rings. The van der Waals surface area contributed by atoms with Gasteiger partial charge in [-0.1, -0.05) is 24.6 Å². The number of aliphatic hydroxyl groups excluding tert-OH is 1. The minimum absolute atomic E-state index is 0.156. The summed E-state index contributed by atoms with van der Waals surface area (Å²) in [5.74, 6) is 1.68. The molecular formula is C13H22N4OS. The molecule has 1 aliphatic carbocycles. The fourth-order valence-electron chi connectivity index (χ4n) is 2.53. The molecule has 19 heavy (non-hydrogen) atoms. The molecule has 2 unspecified atom stereocenters. The van der Waals surface area contributed by atoms with Gasteiger partial charge in [-0.2, -0.15) is 0 Å². The van der Waals surface area contributed by atoms with Crippen molar-refractivity contribution in [2.45, 2.75) is 43.0 Å². The minimum atomic E-state index is -0.260. The van der Waals surface area contributed by atoms with Gasteiger partial charge in [0, 0.05) is 20.2 Å². The molecule has 0 aromatic carbocycles. The third-order valence-electron chi connectivity index (χ3n) is 3.68. The molecule has 0 amide bonds. The number of rotatable bonds is 4. The first-order valence-corrected chi connectivity index (χ1v) is 7.90. The molecule has 1 fully saturated rings.